The number of carboxylic acid groups (broad SMARTS) is 1. The number of aliphatic carboxylic acids is 1. The van der Waals surface area contributed by atoms with E-state index in [4.69, 9.17) is 5.11 Å². The van der Waals surface area contributed by atoms with Crippen LogP contribution in [0.4, 0.5) is 0 Å². The zero-order valence-corrected chi connectivity index (χ0v) is 12.0. The molecule has 2 aliphatic heterocycles. The largest absolute Gasteiger partial charge is 0.480 e. The van der Waals surface area contributed by atoms with Crippen LogP contribution in [0.5, 0.6) is 0 Å². The summed E-state index contributed by atoms with van der Waals surface area (Å²) in [6.07, 6.45) is 4.61. The average molecular weight is 306 g/mol. The zero-order valence-electron chi connectivity index (χ0n) is 12.0. The summed E-state index contributed by atoms with van der Waals surface area (Å²) in [7, 11) is 0. The Morgan fingerprint density at radius 2 is 2.09 bits per heavy atom. The van der Waals surface area contributed by atoms with E-state index in [0.717, 1.165) is 12.8 Å². The van der Waals surface area contributed by atoms with Crippen molar-refractivity contribution in [3.63, 3.8) is 0 Å². The lowest BCUT2D eigenvalue weighted by Crippen LogP contribution is -2.45. The number of piperidine rings is 1. The summed E-state index contributed by atoms with van der Waals surface area (Å²) in [5, 5.41) is 12.1. The fourth-order valence-electron chi connectivity index (χ4n) is 3.32. The van der Waals surface area contributed by atoms with E-state index in [1.165, 1.54) is 12.5 Å². The Bertz CT molecular complexity index is 648. The third-order valence-corrected chi connectivity index (χ3v) is 4.72. The van der Waals surface area contributed by atoms with Gasteiger partial charge in [0.15, 0.2) is 0 Å². The van der Waals surface area contributed by atoms with E-state index >= 15 is 0 Å². The van der Waals surface area contributed by atoms with Crippen molar-refractivity contribution in [2.45, 2.75) is 25.3 Å². The molecule has 3 rings (SSSR count). The minimum Gasteiger partial charge on any atom is -0.480 e. The number of carbonyl (C=O) groups is 2. The Labute approximate surface area is 126 Å². The van der Waals surface area contributed by atoms with Crippen LogP contribution in [0.25, 0.3) is 0 Å². The van der Waals surface area contributed by atoms with E-state index in [2.05, 4.69) is 15.3 Å². The Morgan fingerprint density at radius 3 is 2.68 bits per heavy atom. The Kier molecular flexibility index (Phi) is 3.69. The summed E-state index contributed by atoms with van der Waals surface area (Å²) in [4.78, 5) is 42.9. The summed E-state index contributed by atoms with van der Waals surface area (Å²) in [6, 6.07) is -0.497. The molecule has 3 N–H and O–H groups in total. The molecule has 0 aliphatic carbocycles. The quantitative estimate of drug-likeness (QED) is 0.674. The van der Waals surface area contributed by atoms with Crippen LogP contribution in [-0.4, -0.2) is 57.5 Å². The van der Waals surface area contributed by atoms with E-state index in [9.17, 15) is 14.4 Å². The van der Waals surface area contributed by atoms with Crippen molar-refractivity contribution in [3.8, 4) is 0 Å². The van der Waals surface area contributed by atoms with Crippen LogP contribution in [0.2, 0.25) is 0 Å². The molecule has 1 amide bonds. The minimum atomic E-state index is -0.822. The third-order valence-electron chi connectivity index (χ3n) is 4.72. The van der Waals surface area contributed by atoms with Gasteiger partial charge in [0, 0.05) is 25.8 Å². The lowest BCUT2D eigenvalue weighted by Gasteiger charge is -2.38. The monoisotopic (exact) mass is 306 g/mol. The number of hydrogen-bond donors (Lipinski definition) is 3. The summed E-state index contributed by atoms with van der Waals surface area (Å²) >= 11 is 0. The molecule has 0 aromatic carbocycles. The summed E-state index contributed by atoms with van der Waals surface area (Å²) in [6.45, 7) is 1.72. The Balaban J connectivity index is 1.65. The minimum absolute atomic E-state index is 0.0476. The second-order valence-electron chi connectivity index (χ2n) is 6.06. The van der Waals surface area contributed by atoms with E-state index in [1.807, 2.05) is 0 Å². The molecule has 8 nitrogen and oxygen atoms in total. The molecule has 8 heteroatoms. The molecule has 22 heavy (non-hydrogen) atoms. The van der Waals surface area contributed by atoms with E-state index < -0.39 is 17.6 Å². The molecule has 1 aromatic rings. The number of amides is 1. The summed E-state index contributed by atoms with van der Waals surface area (Å²) < 4.78 is 0. The summed E-state index contributed by atoms with van der Waals surface area (Å²) in [5.74, 6) is -1.14. The number of carbonyl (C=O) groups excluding carboxylic acids is 1. The van der Waals surface area contributed by atoms with Gasteiger partial charge in [-0.15, -0.1) is 0 Å². The van der Waals surface area contributed by atoms with Crippen LogP contribution in [0.1, 0.15) is 29.6 Å². The first-order valence-corrected chi connectivity index (χ1v) is 7.29. The number of nitrogens with one attached hydrogen (secondary N) is 2. The number of nitrogens with zero attached hydrogens (tertiary/aromatic N) is 2. The molecule has 0 unspecified atom stereocenters. The molecule has 1 aromatic heterocycles. The number of aromatic amines is 1. The molecule has 118 valence electrons. The first-order chi connectivity index (χ1) is 10.5. The van der Waals surface area contributed by atoms with Gasteiger partial charge in [0.1, 0.15) is 11.6 Å². The molecule has 3 heterocycles. The maximum atomic E-state index is 12.4. The standard InChI is InChI=1S/C14H18N4O4/c19-11-9(6-15-8-17-11)12(20)18-3-1-14(2-4-18)5-10(13(21)22)16-7-14/h6,8,10,16H,1-5,7H2,(H,21,22)(H,15,17,19)/t10-/m1/s1. The zero-order chi connectivity index (χ0) is 15.7. The highest BCUT2D eigenvalue weighted by molar-refractivity contribution is 5.93. The van der Waals surface area contributed by atoms with Gasteiger partial charge < -0.3 is 20.3 Å². The van der Waals surface area contributed by atoms with Crippen molar-refractivity contribution in [1.29, 1.82) is 0 Å². The number of aromatic nitrogens is 2. The van der Waals surface area contributed by atoms with E-state index in [1.54, 1.807) is 4.90 Å². The fraction of sp³-hybridized carbons (Fsp3) is 0.571. The number of carboxylic acids is 1. The second-order valence-corrected chi connectivity index (χ2v) is 6.06. The van der Waals surface area contributed by atoms with Crippen LogP contribution in [0.15, 0.2) is 17.3 Å². The number of likely N-dealkylation sites (tertiary alicyclic amines) is 1. The average Bonchev–Trinajstić information content (AvgIpc) is 2.92. The van der Waals surface area contributed by atoms with Gasteiger partial charge in [-0.25, -0.2) is 4.98 Å². The molecular weight excluding hydrogens is 288 g/mol. The molecule has 1 spiro atoms. The molecule has 0 saturated carbocycles. The second kappa shape index (κ2) is 5.53. The van der Waals surface area contributed by atoms with Crippen molar-refractivity contribution in [2.75, 3.05) is 19.6 Å². The predicted molar refractivity (Wildman–Crippen MR) is 76.5 cm³/mol. The van der Waals surface area contributed by atoms with Gasteiger partial charge in [-0.3, -0.25) is 14.4 Å². The molecule has 2 fully saturated rings. The first-order valence-electron chi connectivity index (χ1n) is 7.29. The van der Waals surface area contributed by atoms with Gasteiger partial charge in [0.2, 0.25) is 0 Å². The highest BCUT2D eigenvalue weighted by Crippen LogP contribution is 2.39. The van der Waals surface area contributed by atoms with Crippen LogP contribution in [0, 0.1) is 5.41 Å². The molecule has 1 atom stereocenters. The first kappa shape index (κ1) is 14.7. The van der Waals surface area contributed by atoms with Gasteiger partial charge in [-0.2, -0.15) is 0 Å². The number of hydrogen-bond acceptors (Lipinski definition) is 5. The van der Waals surface area contributed by atoms with Gasteiger partial charge in [0.25, 0.3) is 11.5 Å². The maximum absolute atomic E-state index is 12.4. The van der Waals surface area contributed by atoms with Gasteiger partial charge in [0.05, 0.1) is 6.33 Å². The lowest BCUT2D eigenvalue weighted by atomic mass is 9.76. The van der Waals surface area contributed by atoms with Crippen molar-refractivity contribution >= 4 is 11.9 Å². The Morgan fingerprint density at radius 1 is 1.36 bits per heavy atom. The van der Waals surface area contributed by atoms with E-state index in [0.29, 0.717) is 26.1 Å². The smallest absolute Gasteiger partial charge is 0.320 e. The topological polar surface area (TPSA) is 115 Å². The van der Waals surface area contributed by atoms with Crippen LogP contribution >= 0.6 is 0 Å². The van der Waals surface area contributed by atoms with Crippen LogP contribution in [0.3, 0.4) is 0 Å². The molecule has 0 bridgehead atoms. The molecule has 2 saturated heterocycles. The maximum Gasteiger partial charge on any atom is 0.320 e. The van der Waals surface area contributed by atoms with Crippen molar-refractivity contribution < 1.29 is 14.7 Å². The van der Waals surface area contributed by atoms with Crippen molar-refractivity contribution in [3.05, 3.63) is 28.4 Å². The normalized spacial score (nSPS) is 23.6. The van der Waals surface area contributed by atoms with Gasteiger partial charge in [-0.05, 0) is 24.7 Å². The Hall–Kier alpha value is -2.22. The van der Waals surface area contributed by atoms with Crippen molar-refractivity contribution in [2.24, 2.45) is 5.41 Å². The van der Waals surface area contributed by atoms with E-state index in [-0.39, 0.29) is 16.9 Å². The van der Waals surface area contributed by atoms with Crippen LogP contribution < -0.4 is 10.9 Å². The van der Waals surface area contributed by atoms with Gasteiger partial charge in [-0.1, -0.05) is 0 Å². The summed E-state index contributed by atoms with van der Waals surface area (Å²) in [5.41, 5.74) is -0.443. The predicted octanol–water partition coefficient (Wildman–Crippen LogP) is -0.561. The molecule has 0 radical (unpaired) electrons. The highest BCUT2D eigenvalue weighted by atomic mass is 16.4. The number of rotatable bonds is 2. The van der Waals surface area contributed by atoms with Crippen molar-refractivity contribution in [1.82, 2.24) is 20.2 Å². The third kappa shape index (κ3) is 2.61. The SMILES string of the molecule is O=C(O)[C@H]1CC2(CCN(C(=O)c3cnc[nH]c3=O)CC2)CN1. The van der Waals surface area contributed by atoms with Crippen LogP contribution in [-0.2, 0) is 4.79 Å². The van der Waals surface area contributed by atoms with Gasteiger partial charge >= 0.3 is 5.97 Å². The fourth-order valence-corrected chi connectivity index (χ4v) is 3.32. The molecular formula is C14H18N4O4. The molecule has 2 aliphatic rings. The number of H-pyrrole nitrogens is 1. The lowest BCUT2D eigenvalue weighted by molar-refractivity contribution is -0.139. The highest BCUT2D eigenvalue weighted by Gasteiger charge is 2.44.